The van der Waals surface area contributed by atoms with E-state index in [9.17, 15) is 0 Å². The van der Waals surface area contributed by atoms with Gasteiger partial charge in [0.05, 0.1) is 5.41 Å². The maximum absolute atomic E-state index is 5.13. The number of hydrogen-bond donors (Lipinski definition) is 0. The Labute approximate surface area is 272 Å². The summed E-state index contributed by atoms with van der Waals surface area (Å²) in [6.45, 7) is 0. The molecule has 0 fully saturated rings. The molecule has 218 valence electrons. The summed E-state index contributed by atoms with van der Waals surface area (Å²) >= 11 is 0. The van der Waals surface area contributed by atoms with Crippen LogP contribution < -0.4 is 0 Å². The minimum atomic E-state index is -0.373. The summed E-state index contributed by atoms with van der Waals surface area (Å²) in [5, 5.41) is 2.35. The molecule has 1 spiro atoms. The van der Waals surface area contributed by atoms with Crippen LogP contribution in [0, 0.1) is 0 Å². The number of aromatic nitrogens is 3. The predicted molar refractivity (Wildman–Crippen MR) is 190 cm³/mol. The SMILES string of the molecule is c1ccc(-c2nc(-c3ccc4c(c3)-c3ccccc3C43c4ccccc4-c4ccccc43)nc(-c3ccc4ccccc4c3)n2)cc1. The highest BCUT2D eigenvalue weighted by atomic mass is 15.0. The zero-order chi connectivity index (χ0) is 31.0. The van der Waals surface area contributed by atoms with Gasteiger partial charge in [-0.25, -0.2) is 15.0 Å². The Kier molecular flexibility index (Phi) is 5.49. The molecular weight excluding hydrogens is 571 g/mol. The van der Waals surface area contributed by atoms with Crippen molar-refractivity contribution in [2.24, 2.45) is 0 Å². The topological polar surface area (TPSA) is 38.7 Å². The van der Waals surface area contributed by atoms with Crippen molar-refractivity contribution in [2.75, 3.05) is 0 Å². The first-order valence-electron chi connectivity index (χ1n) is 16.0. The van der Waals surface area contributed by atoms with Gasteiger partial charge in [0.25, 0.3) is 0 Å². The average molecular weight is 598 g/mol. The normalized spacial score (nSPS) is 13.3. The highest BCUT2D eigenvalue weighted by Gasteiger charge is 2.51. The van der Waals surface area contributed by atoms with E-state index >= 15 is 0 Å². The van der Waals surface area contributed by atoms with E-state index in [1.807, 2.05) is 18.2 Å². The molecule has 0 N–H and O–H groups in total. The molecule has 1 heterocycles. The lowest BCUT2D eigenvalue weighted by Gasteiger charge is -2.30. The maximum atomic E-state index is 5.13. The predicted octanol–water partition coefficient (Wildman–Crippen LogP) is 10.4. The molecule has 8 aromatic rings. The standard InChI is InChI=1S/C44H27N3/c1-2-13-29(14-3-1)41-45-42(31-23-22-28-12-4-5-15-30(28)26-31)47-43(46-41)32-24-25-40-36(27-32)35-18-8-11-21-39(35)44(40)37-19-9-6-16-33(37)34-17-7-10-20-38(34)44/h1-27H. The van der Waals surface area contributed by atoms with Gasteiger partial charge >= 0.3 is 0 Å². The molecule has 3 heteroatoms. The first-order chi connectivity index (χ1) is 23.3. The van der Waals surface area contributed by atoms with Gasteiger partial charge in [0.1, 0.15) is 0 Å². The van der Waals surface area contributed by atoms with Crippen molar-refractivity contribution in [1.82, 2.24) is 15.0 Å². The second kappa shape index (κ2) is 9.90. The summed E-state index contributed by atoms with van der Waals surface area (Å²) in [4.78, 5) is 15.2. The lowest BCUT2D eigenvalue weighted by Crippen LogP contribution is -2.25. The molecule has 0 amide bonds. The van der Waals surface area contributed by atoms with Crippen molar-refractivity contribution in [1.29, 1.82) is 0 Å². The zero-order valence-corrected chi connectivity index (χ0v) is 25.4. The summed E-state index contributed by atoms with van der Waals surface area (Å²) in [5.74, 6) is 1.99. The van der Waals surface area contributed by atoms with Gasteiger partial charge in [-0.3, -0.25) is 0 Å². The highest BCUT2D eigenvalue weighted by Crippen LogP contribution is 2.62. The van der Waals surface area contributed by atoms with Gasteiger partial charge in [-0.15, -0.1) is 0 Å². The maximum Gasteiger partial charge on any atom is 0.164 e. The molecule has 10 rings (SSSR count). The van der Waals surface area contributed by atoms with Crippen molar-refractivity contribution < 1.29 is 0 Å². The third kappa shape index (κ3) is 3.71. The Bertz CT molecular complexity index is 2490. The van der Waals surface area contributed by atoms with Gasteiger partial charge in [-0.1, -0.05) is 152 Å². The second-order valence-electron chi connectivity index (χ2n) is 12.4. The van der Waals surface area contributed by atoms with Crippen LogP contribution in [0.1, 0.15) is 22.3 Å². The summed E-state index contributed by atoms with van der Waals surface area (Å²) in [6, 6.07) is 58.5. The van der Waals surface area contributed by atoms with Crippen LogP contribution in [0.3, 0.4) is 0 Å². The fourth-order valence-corrected chi connectivity index (χ4v) is 7.92. The van der Waals surface area contributed by atoms with Crippen molar-refractivity contribution >= 4 is 10.8 Å². The molecule has 47 heavy (non-hydrogen) atoms. The summed E-state index contributed by atoms with van der Waals surface area (Å²) in [7, 11) is 0. The first-order valence-corrected chi connectivity index (χ1v) is 16.0. The van der Waals surface area contributed by atoms with Crippen molar-refractivity contribution in [3.8, 4) is 56.4 Å². The number of nitrogens with zero attached hydrogens (tertiary/aromatic N) is 3. The molecular formula is C44H27N3. The largest absolute Gasteiger partial charge is 0.208 e. The van der Waals surface area contributed by atoms with E-state index in [2.05, 4.69) is 146 Å². The lowest BCUT2D eigenvalue weighted by atomic mass is 9.70. The van der Waals surface area contributed by atoms with Crippen LogP contribution in [0.25, 0.3) is 67.2 Å². The number of rotatable bonds is 3. The van der Waals surface area contributed by atoms with Crippen molar-refractivity contribution in [3.05, 3.63) is 186 Å². The van der Waals surface area contributed by atoms with E-state index in [1.165, 1.54) is 49.9 Å². The Morgan fingerprint density at radius 2 is 0.745 bits per heavy atom. The number of benzene rings is 7. The average Bonchev–Trinajstić information content (AvgIpc) is 3.62. The van der Waals surface area contributed by atoms with Crippen LogP contribution in [0.4, 0.5) is 0 Å². The van der Waals surface area contributed by atoms with Crippen LogP contribution in [0.5, 0.6) is 0 Å². The first kappa shape index (κ1) is 26.1. The van der Waals surface area contributed by atoms with E-state index in [0.717, 1.165) is 22.1 Å². The second-order valence-corrected chi connectivity index (χ2v) is 12.4. The third-order valence-electron chi connectivity index (χ3n) is 9.93. The molecule has 7 aromatic carbocycles. The molecule has 0 atom stereocenters. The highest BCUT2D eigenvalue weighted by molar-refractivity contribution is 5.96. The molecule has 0 radical (unpaired) electrons. The minimum absolute atomic E-state index is 0.373. The van der Waals surface area contributed by atoms with Gasteiger partial charge in [-0.05, 0) is 67.4 Å². The van der Waals surface area contributed by atoms with E-state index < -0.39 is 0 Å². The van der Waals surface area contributed by atoms with Crippen LogP contribution in [-0.4, -0.2) is 15.0 Å². The lowest BCUT2D eigenvalue weighted by molar-refractivity contribution is 0.794. The van der Waals surface area contributed by atoms with Crippen LogP contribution >= 0.6 is 0 Å². The summed E-state index contributed by atoms with van der Waals surface area (Å²) < 4.78 is 0. The zero-order valence-electron chi connectivity index (χ0n) is 25.4. The van der Waals surface area contributed by atoms with Crippen LogP contribution in [-0.2, 0) is 5.41 Å². The number of hydrogen-bond acceptors (Lipinski definition) is 3. The fraction of sp³-hybridized carbons (Fsp3) is 0.0227. The van der Waals surface area contributed by atoms with Gasteiger partial charge in [0.15, 0.2) is 17.5 Å². The monoisotopic (exact) mass is 597 g/mol. The Hall–Kier alpha value is -6.19. The van der Waals surface area contributed by atoms with E-state index in [-0.39, 0.29) is 5.41 Å². The van der Waals surface area contributed by atoms with Crippen LogP contribution in [0.2, 0.25) is 0 Å². The Balaban J connectivity index is 1.20. The molecule has 0 bridgehead atoms. The Morgan fingerprint density at radius 1 is 0.298 bits per heavy atom. The Morgan fingerprint density at radius 3 is 1.38 bits per heavy atom. The third-order valence-corrected chi connectivity index (χ3v) is 9.93. The van der Waals surface area contributed by atoms with E-state index in [1.54, 1.807) is 0 Å². The minimum Gasteiger partial charge on any atom is -0.208 e. The van der Waals surface area contributed by atoms with Crippen LogP contribution in [0.15, 0.2) is 164 Å². The molecule has 0 saturated carbocycles. The molecule has 3 nitrogen and oxygen atoms in total. The van der Waals surface area contributed by atoms with Gasteiger partial charge < -0.3 is 0 Å². The van der Waals surface area contributed by atoms with Gasteiger partial charge in [0, 0.05) is 16.7 Å². The van der Waals surface area contributed by atoms with Gasteiger partial charge in [-0.2, -0.15) is 0 Å². The summed E-state index contributed by atoms with van der Waals surface area (Å²) in [6.07, 6.45) is 0. The molecule has 0 unspecified atom stereocenters. The quantitative estimate of drug-likeness (QED) is 0.203. The van der Waals surface area contributed by atoms with Gasteiger partial charge in [0.2, 0.25) is 0 Å². The van der Waals surface area contributed by atoms with E-state index in [4.69, 9.17) is 15.0 Å². The fourth-order valence-electron chi connectivity index (χ4n) is 7.92. The summed E-state index contributed by atoms with van der Waals surface area (Å²) in [5.41, 5.74) is 12.9. The molecule has 1 aromatic heterocycles. The van der Waals surface area contributed by atoms with Crippen molar-refractivity contribution in [3.63, 3.8) is 0 Å². The van der Waals surface area contributed by atoms with E-state index in [0.29, 0.717) is 17.5 Å². The molecule has 0 saturated heterocycles. The molecule has 0 aliphatic heterocycles. The smallest absolute Gasteiger partial charge is 0.164 e. The van der Waals surface area contributed by atoms with Crippen molar-refractivity contribution in [2.45, 2.75) is 5.41 Å². The molecule has 2 aliphatic rings. The number of fused-ring (bicyclic) bond motifs is 11. The molecule has 2 aliphatic carbocycles.